The highest BCUT2D eigenvalue weighted by atomic mass is 16.5. The van der Waals surface area contributed by atoms with Crippen LogP contribution in [0.15, 0.2) is 11.6 Å². The zero-order valence-electron chi connectivity index (χ0n) is 13.8. The molecule has 1 amide bonds. The number of nitrogens with zero attached hydrogens (tertiary/aromatic N) is 1. The van der Waals surface area contributed by atoms with Gasteiger partial charge in [0.15, 0.2) is 0 Å². The first-order valence-electron chi connectivity index (χ1n) is 8.89. The molecule has 0 aromatic carbocycles. The molecule has 1 atom stereocenters. The molecule has 3 aliphatic rings. The van der Waals surface area contributed by atoms with Crippen molar-refractivity contribution < 1.29 is 14.3 Å². The van der Waals surface area contributed by atoms with Crippen LogP contribution in [0.2, 0.25) is 0 Å². The summed E-state index contributed by atoms with van der Waals surface area (Å²) in [6.45, 7) is 7.10. The quantitative estimate of drug-likeness (QED) is 0.801. The number of hydrogen-bond donors (Lipinski definition) is 0. The maximum Gasteiger partial charge on any atom is 0.249 e. The number of ether oxygens (including phenoxy) is 2. The maximum atomic E-state index is 12.5. The Morgan fingerprint density at radius 1 is 1.41 bits per heavy atom. The number of carbonyl (C=O) groups is 1. The van der Waals surface area contributed by atoms with Crippen LogP contribution in [0.25, 0.3) is 0 Å². The van der Waals surface area contributed by atoms with E-state index in [2.05, 4.69) is 11.0 Å². The van der Waals surface area contributed by atoms with E-state index in [0.717, 1.165) is 83.6 Å². The first-order chi connectivity index (χ1) is 10.7. The van der Waals surface area contributed by atoms with Crippen molar-refractivity contribution in [2.45, 2.75) is 45.4 Å². The molecule has 22 heavy (non-hydrogen) atoms. The van der Waals surface area contributed by atoms with Crippen molar-refractivity contribution in [3.05, 3.63) is 11.6 Å². The molecule has 0 unspecified atom stereocenters. The summed E-state index contributed by atoms with van der Waals surface area (Å²) in [5.74, 6) is 0.782. The number of carbonyl (C=O) groups excluding carboxylic acids is 1. The SMILES string of the molecule is CCOC[C@H]1COCCC12CCN(C(=O)C1=CCCC1)CC2. The Kier molecular flexibility index (Phi) is 5.19. The van der Waals surface area contributed by atoms with Gasteiger partial charge in [0.1, 0.15) is 0 Å². The summed E-state index contributed by atoms with van der Waals surface area (Å²) in [7, 11) is 0. The summed E-state index contributed by atoms with van der Waals surface area (Å²) in [5, 5.41) is 0. The Balaban J connectivity index is 1.60. The van der Waals surface area contributed by atoms with E-state index in [4.69, 9.17) is 9.47 Å². The van der Waals surface area contributed by atoms with Crippen molar-refractivity contribution in [2.24, 2.45) is 11.3 Å². The van der Waals surface area contributed by atoms with Gasteiger partial charge in [0, 0.05) is 37.8 Å². The summed E-state index contributed by atoms with van der Waals surface area (Å²) in [6, 6.07) is 0. The van der Waals surface area contributed by atoms with Crippen molar-refractivity contribution in [3.63, 3.8) is 0 Å². The number of hydrogen-bond acceptors (Lipinski definition) is 3. The van der Waals surface area contributed by atoms with Crippen LogP contribution in [0.3, 0.4) is 0 Å². The highest BCUT2D eigenvalue weighted by Gasteiger charge is 2.44. The monoisotopic (exact) mass is 307 g/mol. The Morgan fingerprint density at radius 2 is 2.23 bits per heavy atom. The molecule has 0 radical (unpaired) electrons. The largest absolute Gasteiger partial charge is 0.381 e. The summed E-state index contributed by atoms with van der Waals surface area (Å²) >= 11 is 0. The summed E-state index contributed by atoms with van der Waals surface area (Å²) in [4.78, 5) is 14.6. The summed E-state index contributed by atoms with van der Waals surface area (Å²) < 4.78 is 11.4. The van der Waals surface area contributed by atoms with Crippen LogP contribution in [0.5, 0.6) is 0 Å². The minimum atomic E-state index is 0.292. The van der Waals surface area contributed by atoms with Gasteiger partial charge in [0.2, 0.25) is 5.91 Å². The number of likely N-dealkylation sites (tertiary alicyclic amines) is 1. The molecule has 3 rings (SSSR count). The predicted octanol–water partition coefficient (Wildman–Crippen LogP) is 2.78. The van der Waals surface area contributed by atoms with Crippen molar-refractivity contribution in [1.29, 1.82) is 0 Å². The third kappa shape index (κ3) is 3.23. The van der Waals surface area contributed by atoms with Crippen LogP contribution in [0.4, 0.5) is 0 Å². The molecule has 2 fully saturated rings. The van der Waals surface area contributed by atoms with E-state index < -0.39 is 0 Å². The molecule has 2 saturated heterocycles. The molecule has 124 valence electrons. The number of amides is 1. The summed E-state index contributed by atoms with van der Waals surface area (Å²) in [6.07, 6.45) is 8.66. The Morgan fingerprint density at radius 3 is 2.91 bits per heavy atom. The van der Waals surface area contributed by atoms with Gasteiger partial charge in [-0.25, -0.2) is 0 Å². The van der Waals surface area contributed by atoms with Crippen molar-refractivity contribution >= 4 is 5.91 Å². The average Bonchev–Trinajstić information content (AvgIpc) is 3.09. The molecular weight excluding hydrogens is 278 g/mol. The molecular formula is C18H29NO3. The molecule has 0 saturated carbocycles. The molecule has 4 heteroatoms. The van der Waals surface area contributed by atoms with Gasteiger partial charge in [-0.2, -0.15) is 0 Å². The second-order valence-electron chi connectivity index (χ2n) is 6.96. The first-order valence-corrected chi connectivity index (χ1v) is 8.89. The van der Waals surface area contributed by atoms with E-state index in [1.54, 1.807) is 0 Å². The molecule has 1 aliphatic carbocycles. The number of piperidine rings is 1. The smallest absolute Gasteiger partial charge is 0.249 e. The van der Waals surface area contributed by atoms with E-state index in [-0.39, 0.29) is 0 Å². The van der Waals surface area contributed by atoms with Gasteiger partial charge in [-0.3, -0.25) is 4.79 Å². The molecule has 0 bridgehead atoms. The molecule has 0 aromatic heterocycles. The van der Waals surface area contributed by atoms with Crippen LogP contribution in [-0.2, 0) is 14.3 Å². The normalized spacial score (nSPS) is 28.0. The molecule has 2 aliphatic heterocycles. The van der Waals surface area contributed by atoms with Gasteiger partial charge < -0.3 is 14.4 Å². The average molecular weight is 307 g/mol. The lowest BCUT2D eigenvalue weighted by atomic mass is 9.66. The lowest BCUT2D eigenvalue weighted by Gasteiger charge is -2.49. The zero-order chi connectivity index (χ0) is 15.4. The van der Waals surface area contributed by atoms with Gasteiger partial charge in [0.05, 0.1) is 13.2 Å². The molecule has 4 nitrogen and oxygen atoms in total. The predicted molar refractivity (Wildman–Crippen MR) is 85.6 cm³/mol. The summed E-state index contributed by atoms with van der Waals surface area (Å²) in [5.41, 5.74) is 1.38. The molecule has 0 aromatic rings. The lowest BCUT2D eigenvalue weighted by Crippen LogP contribution is -2.50. The minimum Gasteiger partial charge on any atom is -0.381 e. The van der Waals surface area contributed by atoms with E-state index in [1.165, 1.54) is 0 Å². The molecule has 2 heterocycles. The molecule has 1 spiro atoms. The number of rotatable bonds is 4. The van der Waals surface area contributed by atoms with Gasteiger partial charge in [-0.15, -0.1) is 0 Å². The van der Waals surface area contributed by atoms with Crippen LogP contribution in [0, 0.1) is 11.3 Å². The van der Waals surface area contributed by atoms with Gasteiger partial charge in [0.25, 0.3) is 0 Å². The van der Waals surface area contributed by atoms with Crippen molar-refractivity contribution in [3.8, 4) is 0 Å². The Bertz CT molecular complexity index is 424. The van der Waals surface area contributed by atoms with Gasteiger partial charge in [-0.1, -0.05) is 6.08 Å². The fourth-order valence-corrected chi connectivity index (χ4v) is 4.25. The number of allylic oxidation sites excluding steroid dienone is 1. The maximum absolute atomic E-state index is 12.5. The Labute approximate surface area is 133 Å². The fraction of sp³-hybridized carbons (Fsp3) is 0.833. The molecule has 0 N–H and O–H groups in total. The zero-order valence-corrected chi connectivity index (χ0v) is 13.8. The van der Waals surface area contributed by atoms with E-state index in [1.807, 2.05) is 6.92 Å². The van der Waals surface area contributed by atoms with E-state index >= 15 is 0 Å². The second kappa shape index (κ2) is 7.14. The highest BCUT2D eigenvalue weighted by Crippen LogP contribution is 2.45. The second-order valence-corrected chi connectivity index (χ2v) is 6.96. The lowest BCUT2D eigenvalue weighted by molar-refractivity contribution is -0.135. The van der Waals surface area contributed by atoms with Crippen molar-refractivity contribution in [1.82, 2.24) is 4.90 Å². The topological polar surface area (TPSA) is 38.8 Å². The van der Waals surface area contributed by atoms with Crippen LogP contribution in [0.1, 0.15) is 45.4 Å². The van der Waals surface area contributed by atoms with Crippen LogP contribution in [-0.4, -0.2) is 50.3 Å². The third-order valence-electron chi connectivity index (χ3n) is 5.81. The first kappa shape index (κ1) is 16.0. The van der Waals surface area contributed by atoms with E-state index in [0.29, 0.717) is 17.2 Å². The van der Waals surface area contributed by atoms with Crippen LogP contribution >= 0.6 is 0 Å². The standard InChI is InChI=1S/C18H29NO3/c1-2-21-13-16-14-22-12-9-18(16)7-10-19(11-8-18)17(20)15-5-3-4-6-15/h5,16H,2-4,6-14H2,1H3/t16-/m0/s1. The minimum absolute atomic E-state index is 0.292. The van der Waals surface area contributed by atoms with Gasteiger partial charge in [-0.05, 0) is 50.9 Å². The third-order valence-corrected chi connectivity index (χ3v) is 5.81. The van der Waals surface area contributed by atoms with Crippen LogP contribution < -0.4 is 0 Å². The highest BCUT2D eigenvalue weighted by molar-refractivity contribution is 5.93. The van der Waals surface area contributed by atoms with Crippen molar-refractivity contribution in [2.75, 3.05) is 39.5 Å². The van der Waals surface area contributed by atoms with Gasteiger partial charge >= 0.3 is 0 Å². The fourth-order valence-electron chi connectivity index (χ4n) is 4.25. The van der Waals surface area contributed by atoms with E-state index in [9.17, 15) is 4.79 Å². The Hall–Kier alpha value is -0.870.